The molecule has 9 nitrogen and oxygen atoms in total. The highest BCUT2D eigenvalue weighted by molar-refractivity contribution is 6.32. The molecule has 2 aromatic heterocycles. The Morgan fingerprint density at radius 2 is 1.89 bits per heavy atom. The molecule has 4 rings (SSSR count). The van der Waals surface area contributed by atoms with Crippen molar-refractivity contribution < 1.29 is 36.5 Å². The zero-order chi connectivity index (χ0) is 25.5. The molecular weight excluding hydrogens is 502 g/mol. The first kappa shape index (κ1) is 24.7. The van der Waals surface area contributed by atoms with E-state index >= 15 is 0 Å². The van der Waals surface area contributed by atoms with Gasteiger partial charge in [-0.15, -0.1) is 0 Å². The first-order valence-corrected chi connectivity index (χ1v) is 10.3. The number of ether oxygens (including phenoxy) is 4. The van der Waals surface area contributed by atoms with Crippen LogP contribution in [0.3, 0.4) is 0 Å². The minimum Gasteiger partial charge on any atom is -0.470 e. The van der Waals surface area contributed by atoms with Gasteiger partial charge in [-0.3, -0.25) is 9.36 Å². The van der Waals surface area contributed by atoms with Crippen molar-refractivity contribution in [2.45, 2.75) is 25.7 Å². The van der Waals surface area contributed by atoms with Crippen LogP contribution in [0.25, 0.3) is 5.69 Å². The Labute approximate surface area is 199 Å². The highest BCUT2D eigenvalue weighted by Crippen LogP contribution is 2.36. The van der Waals surface area contributed by atoms with Crippen LogP contribution in [0, 0.1) is 5.82 Å². The topological polar surface area (TPSA) is 93.8 Å². The Kier molecular flexibility index (Phi) is 6.58. The van der Waals surface area contributed by atoms with Gasteiger partial charge in [0.15, 0.2) is 18.3 Å². The lowest BCUT2D eigenvalue weighted by atomic mass is 10.2. The van der Waals surface area contributed by atoms with Crippen LogP contribution in [0.15, 0.2) is 46.1 Å². The van der Waals surface area contributed by atoms with Crippen LogP contribution < -0.4 is 20.7 Å². The van der Waals surface area contributed by atoms with E-state index in [2.05, 4.69) is 4.98 Å². The molecule has 1 aliphatic rings. The Morgan fingerprint density at radius 1 is 1.17 bits per heavy atom. The van der Waals surface area contributed by atoms with Gasteiger partial charge < -0.3 is 18.9 Å². The van der Waals surface area contributed by atoms with Crippen LogP contribution >= 0.6 is 11.6 Å². The summed E-state index contributed by atoms with van der Waals surface area (Å²) in [6, 6.07) is 4.81. The number of hydrogen-bond donors (Lipinski definition) is 0. The third-order valence-corrected chi connectivity index (χ3v) is 5.15. The lowest BCUT2D eigenvalue weighted by Crippen LogP contribution is -2.42. The molecule has 186 valence electrons. The van der Waals surface area contributed by atoms with Crippen molar-refractivity contribution in [3.63, 3.8) is 0 Å². The average molecular weight is 518 g/mol. The maximum absolute atomic E-state index is 14.7. The Hall–Kier alpha value is -3.42. The maximum atomic E-state index is 14.7. The summed E-state index contributed by atoms with van der Waals surface area (Å²) in [7, 11) is 0.807. The van der Waals surface area contributed by atoms with E-state index < -0.39 is 40.9 Å². The van der Waals surface area contributed by atoms with Gasteiger partial charge in [0.25, 0.3) is 11.4 Å². The van der Waals surface area contributed by atoms with Crippen molar-refractivity contribution >= 4 is 11.6 Å². The smallest absolute Gasteiger partial charge is 0.431 e. The molecule has 0 spiro atoms. The summed E-state index contributed by atoms with van der Waals surface area (Å²) in [5.74, 6) is -1.33. The standard InChI is InChI=1S/C21H16ClF4N3O6/c1-10-33-18(34-10)9-32-19-14(4-3-5-27-19)35-15-7-13(12(23)6-11(15)22)29-17(30)8-16(21(24,25)26)28(2)20(29)31/h3-8,10,18H,9H2,1-2H3. The number of nitrogens with zero attached hydrogens (tertiary/aromatic N) is 3. The fraction of sp³-hybridized carbons (Fsp3) is 0.286. The first-order chi connectivity index (χ1) is 16.5. The van der Waals surface area contributed by atoms with Crippen molar-refractivity contribution in [1.29, 1.82) is 0 Å². The fourth-order valence-electron chi connectivity index (χ4n) is 3.23. The van der Waals surface area contributed by atoms with Gasteiger partial charge in [-0.05, 0) is 25.1 Å². The summed E-state index contributed by atoms with van der Waals surface area (Å²) in [4.78, 5) is 29.0. The van der Waals surface area contributed by atoms with E-state index in [1.54, 1.807) is 6.92 Å². The zero-order valence-corrected chi connectivity index (χ0v) is 18.8. The average Bonchev–Trinajstić information content (AvgIpc) is 2.76. The minimum absolute atomic E-state index is 0.00352. The highest BCUT2D eigenvalue weighted by atomic mass is 35.5. The number of rotatable bonds is 6. The van der Waals surface area contributed by atoms with E-state index in [-0.39, 0.29) is 50.5 Å². The molecule has 0 radical (unpaired) electrons. The van der Waals surface area contributed by atoms with Crippen molar-refractivity contribution in [2.24, 2.45) is 7.05 Å². The van der Waals surface area contributed by atoms with Crippen LogP contribution in [0.4, 0.5) is 17.6 Å². The summed E-state index contributed by atoms with van der Waals surface area (Å²) < 4.78 is 76.2. The maximum Gasteiger partial charge on any atom is 0.431 e. The number of aromatic nitrogens is 3. The molecule has 1 fully saturated rings. The van der Waals surface area contributed by atoms with Crippen LogP contribution in [0.2, 0.25) is 5.02 Å². The zero-order valence-electron chi connectivity index (χ0n) is 18.0. The van der Waals surface area contributed by atoms with E-state index in [1.807, 2.05) is 0 Å². The summed E-state index contributed by atoms with van der Waals surface area (Å²) in [6.45, 7) is 1.69. The van der Waals surface area contributed by atoms with E-state index in [9.17, 15) is 27.2 Å². The molecule has 3 heterocycles. The quantitative estimate of drug-likeness (QED) is 0.461. The molecule has 1 aliphatic heterocycles. The summed E-state index contributed by atoms with van der Waals surface area (Å²) in [5, 5.41) is -0.252. The number of benzene rings is 1. The molecule has 35 heavy (non-hydrogen) atoms. The third-order valence-electron chi connectivity index (χ3n) is 4.85. The predicted molar refractivity (Wildman–Crippen MR) is 112 cm³/mol. The van der Waals surface area contributed by atoms with E-state index in [1.165, 1.54) is 18.3 Å². The summed E-state index contributed by atoms with van der Waals surface area (Å²) in [5.41, 5.74) is -4.97. The predicted octanol–water partition coefficient (Wildman–Crippen LogP) is 3.63. The molecule has 0 unspecified atom stereocenters. The Balaban J connectivity index is 1.70. The summed E-state index contributed by atoms with van der Waals surface area (Å²) in [6.07, 6.45) is -4.52. The second-order valence-electron chi connectivity index (χ2n) is 7.27. The lowest BCUT2D eigenvalue weighted by molar-refractivity contribution is -0.380. The molecule has 1 saturated heterocycles. The van der Waals surface area contributed by atoms with Gasteiger partial charge in [-0.2, -0.15) is 13.2 Å². The molecule has 0 saturated carbocycles. The fourth-order valence-corrected chi connectivity index (χ4v) is 3.42. The molecule has 14 heteroatoms. The molecule has 0 amide bonds. The molecule has 0 aliphatic carbocycles. The number of alkyl halides is 3. The van der Waals surface area contributed by atoms with Crippen LogP contribution in [0.1, 0.15) is 12.6 Å². The van der Waals surface area contributed by atoms with Gasteiger partial charge in [0.05, 0.1) is 10.7 Å². The van der Waals surface area contributed by atoms with Crippen LogP contribution in [0.5, 0.6) is 17.4 Å². The second-order valence-corrected chi connectivity index (χ2v) is 7.67. The first-order valence-electron chi connectivity index (χ1n) is 9.92. The monoisotopic (exact) mass is 517 g/mol. The van der Waals surface area contributed by atoms with Gasteiger partial charge in [-0.25, -0.2) is 18.7 Å². The Bertz CT molecular complexity index is 1380. The molecule has 0 N–H and O–H groups in total. The number of halogens is 5. The number of hydrogen-bond acceptors (Lipinski definition) is 7. The molecule has 0 atom stereocenters. The molecule has 0 bridgehead atoms. The molecular formula is C21H16ClF4N3O6. The van der Waals surface area contributed by atoms with Crippen LogP contribution in [-0.4, -0.2) is 33.3 Å². The third kappa shape index (κ3) is 5.01. The molecule has 3 aromatic rings. The molecule has 1 aromatic carbocycles. The van der Waals surface area contributed by atoms with Gasteiger partial charge in [0.2, 0.25) is 0 Å². The van der Waals surface area contributed by atoms with E-state index in [4.69, 9.17) is 30.5 Å². The van der Waals surface area contributed by atoms with Crippen molar-refractivity contribution in [3.8, 4) is 23.1 Å². The number of pyridine rings is 1. The van der Waals surface area contributed by atoms with Crippen molar-refractivity contribution in [1.82, 2.24) is 14.1 Å². The van der Waals surface area contributed by atoms with Gasteiger partial charge in [-0.1, -0.05) is 11.6 Å². The van der Waals surface area contributed by atoms with Crippen molar-refractivity contribution in [2.75, 3.05) is 6.61 Å². The van der Waals surface area contributed by atoms with Gasteiger partial charge in [0, 0.05) is 25.4 Å². The second kappa shape index (κ2) is 9.32. The van der Waals surface area contributed by atoms with E-state index in [0.29, 0.717) is 0 Å². The largest absolute Gasteiger partial charge is 0.470 e. The minimum atomic E-state index is -4.97. The van der Waals surface area contributed by atoms with Crippen LogP contribution in [-0.2, 0) is 22.7 Å². The Morgan fingerprint density at radius 3 is 2.54 bits per heavy atom. The highest BCUT2D eigenvalue weighted by Gasteiger charge is 2.35. The van der Waals surface area contributed by atoms with E-state index in [0.717, 1.165) is 19.2 Å². The normalized spacial score (nSPS) is 17.7. The lowest BCUT2D eigenvalue weighted by Gasteiger charge is -2.33. The SMILES string of the molecule is CC1OC(COc2ncccc2Oc2cc(-n3c(=O)cc(C(F)(F)F)n(C)c3=O)c(F)cc2Cl)O1. The summed E-state index contributed by atoms with van der Waals surface area (Å²) >= 11 is 6.08. The van der Waals surface area contributed by atoms with Crippen molar-refractivity contribution in [3.05, 3.63) is 73.9 Å². The van der Waals surface area contributed by atoms with Gasteiger partial charge in [0.1, 0.15) is 23.9 Å². The van der Waals surface area contributed by atoms with Gasteiger partial charge >= 0.3 is 11.9 Å².